The van der Waals surface area contributed by atoms with Gasteiger partial charge >= 0.3 is 6.09 Å². The zero-order valence-corrected chi connectivity index (χ0v) is 22.3. The Morgan fingerprint density at radius 3 is 2.51 bits per heavy atom. The molecule has 204 valence electrons. The Hall–Kier alpha value is -3.08. The van der Waals surface area contributed by atoms with Crippen molar-refractivity contribution in [2.24, 2.45) is 34.8 Å². The van der Waals surface area contributed by atoms with Gasteiger partial charge in [-0.2, -0.15) is 5.10 Å². The van der Waals surface area contributed by atoms with Crippen molar-refractivity contribution in [3.05, 3.63) is 17.8 Å². The van der Waals surface area contributed by atoms with Crippen molar-refractivity contribution in [2.75, 3.05) is 13.7 Å². The fourth-order valence-corrected chi connectivity index (χ4v) is 6.31. The summed E-state index contributed by atoms with van der Waals surface area (Å²) >= 11 is 0. The molecule has 0 radical (unpaired) electrons. The normalized spacial score (nSPS) is 28.5. The van der Waals surface area contributed by atoms with Crippen LogP contribution in [0.5, 0.6) is 5.88 Å². The molecular formula is C26H39N5O6. The van der Waals surface area contributed by atoms with E-state index in [2.05, 4.69) is 15.9 Å². The maximum Gasteiger partial charge on any atom is 0.405 e. The predicted octanol–water partition coefficient (Wildman–Crippen LogP) is 2.86. The molecule has 11 heteroatoms. The minimum absolute atomic E-state index is 0.0119. The topological polar surface area (TPSA) is 147 Å². The molecule has 0 aromatic carbocycles. The van der Waals surface area contributed by atoms with Crippen LogP contribution >= 0.6 is 0 Å². The molecule has 0 spiro atoms. The van der Waals surface area contributed by atoms with Crippen LogP contribution in [-0.4, -0.2) is 53.0 Å². The number of hydroxylamine groups is 1. The van der Waals surface area contributed by atoms with Crippen molar-refractivity contribution >= 4 is 24.1 Å². The first kappa shape index (κ1) is 27.0. The summed E-state index contributed by atoms with van der Waals surface area (Å²) in [5.74, 6) is 0.926. The van der Waals surface area contributed by atoms with E-state index in [0.29, 0.717) is 36.8 Å². The molecule has 11 nitrogen and oxygen atoms in total. The molecule has 1 aromatic rings. The van der Waals surface area contributed by atoms with E-state index >= 15 is 0 Å². The van der Waals surface area contributed by atoms with Gasteiger partial charge in [0, 0.05) is 12.2 Å². The number of amides is 3. The molecule has 4 saturated carbocycles. The molecule has 2 atom stereocenters. The minimum Gasteiger partial charge on any atom is -0.477 e. The lowest BCUT2D eigenvalue weighted by Crippen LogP contribution is -2.63. The summed E-state index contributed by atoms with van der Waals surface area (Å²) in [5, 5.41) is 7.61. The number of carbonyl (C=O) groups is 3. The third-order valence-corrected chi connectivity index (χ3v) is 7.79. The van der Waals surface area contributed by atoms with E-state index in [0.717, 1.165) is 19.3 Å². The maximum absolute atomic E-state index is 13.5. The monoisotopic (exact) mass is 517 g/mol. The Morgan fingerprint density at radius 1 is 1.24 bits per heavy atom. The first-order valence-corrected chi connectivity index (χ1v) is 13.0. The second kappa shape index (κ2) is 10.4. The second-order valence-corrected chi connectivity index (χ2v) is 11.8. The number of hydrogen-bond donors (Lipinski definition) is 3. The van der Waals surface area contributed by atoms with Gasteiger partial charge in [0.1, 0.15) is 11.2 Å². The Balaban J connectivity index is 1.52. The lowest BCUT2D eigenvalue weighted by Gasteiger charge is -2.58. The van der Waals surface area contributed by atoms with Gasteiger partial charge in [0.25, 0.3) is 11.8 Å². The number of nitrogens with two attached hydrogens (primary N) is 1. The van der Waals surface area contributed by atoms with Gasteiger partial charge in [-0.1, -0.05) is 19.9 Å². The quantitative estimate of drug-likeness (QED) is 0.404. The van der Waals surface area contributed by atoms with E-state index in [-0.39, 0.29) is 35.6 Å². The van der Waals surface area contributed by atoms with Gasteiger partial charge in [0.2, 0.25) is 5.88 Å². The molecular weight excluding hydrogens is 478 g/mol. The SMILES string of the molecule is CONC(=O)C(C)(C)/C=C/n1ncc(C(=O)N[C@H]2C3CC4CC2C[C@](OC(N)=O)(C4)C3)c1OCC(C)C. The van der Waals surface area contributed by atoms with Crippen LogP contribution in [0.2, 0.25) is 0 Å². The number of carbonyl (C=O) groups excluding carboxylic acids is 3. The molecule has 4 N–H and O–H groups in total. The number of hydrogen-bond acceptors (Lipinski definition) is 7. The van der Waals surface area contributed by atoms with Crippen LogP contribution < -0.4 is 21.3 Å². The average Bonchev–Trinajstić information content (AvgIpc) is 3.20. The lowest BCUT2D eigenvalue weighted by molar-refractivity contribution is -0.138. The third kappa shape index (κ3) is 5.76. The van der Waals surface area contributed by atoms with Crippen LogP contribution in [0.15, 0.2) is 12.3 Å². The Kier molecular flexibility index (Phi) is 7.55. The highest BCUT2D eigenvalue weighted by Gasteiger charge is 2.57. The molecule has 4 bridgehead atoms. The highest BCUT2D eigenvalue weighted by molar-refractivity contribution is 5.96. The molecule has 37 heavy (non-hydrogen) atoms. The van der Waals surface area contributed by atoms with E-state index < -0.39 is 17.1 Å². The van der Waals surface area contributed by atoms with Crippen molar-refractivity contribution in [2.45, 2.75) is 71.4 Å². The van der Waals surface area contributed by atoms with Crippen molar-refractivity contribution in [1.29, 1.82) is 0 Å². The molecule has 1 heterocycles. The number of nitrogens with zero attached hydrogens (tertiary/aromatic N) is 2. The molecule has 4 fully saturated rings. The number of rotatable bonds is 10. The largest absolute Gasteiger partial charge is 0.477 e. The summed E-state index contributed by atoms with van der Waals surface area (Å²) in [6.07, 6.45) is 8.35. The Morgan fingerprint density at radius 2 is 1.92 bits per heavy atom. The lowest BCUT2D eigenvalue weighted by atomic mass is 9.52. The summed E-state index contributed by atoms with van der Waals surface area (Å²) in [4.78, 5) is 42.1. The van der Waals surface area contributed by atoms with Crippen molar-refractivity contribution < 1.29 is 28.7 Å². The highest BCUT2D eigenvalue weighted by Crippen LogP contribution is 2.57. The van der Waals surface area contributed by atoms with Gasteiger partial charge in [-0.3, -0.25) is 14.4 Å². The van der Waals surface area contributed by atoms with Gasteiger partial charge < -0.3 is 20.5 Å². The van der Waals surface area contributed by atoms with Crippen molar-refractivity contribution in [3.8, 4) is 5.88 Å². The molecule has 4 aliphatic carbocycles. The summed E-state index contributed by atoms with van der Waals surface area (Å²) in [6.45, 7) is 7.92. The minimum atomic E-state index is -0.886. The fraction of sp³-hybridized carbons (Fsp3) is 0.692. The van der Waals surface area contributed by atoms with Crippen LogP contribution in [0.1, 0.15) is 70.2 Å². The van der Waals surface area contributed by atoms with Gasteiger partial charge in [-0.15, -0.1) is 0 Å². The van der Waals surface area contributed by atoms with E-state index in [4.69, 9.17) is 20.0 Å². The van der Waals surface area contributed by atoms with E-state index in [9.17, 15) is 14.4 Å². The summed E-state index contributed by atoms with van der Waals surface area (Å²) in [7, 11) is 1.38. The zero-order chi connectivity index (χ0) is 27.0. The van der Waals surface area contributed by atoms with Crippen LogP contribution in [0.4, 0.5) is 4.79 Å². The fourth-order valence-electron chi connectivity index (χ4n) is 6.31. The molecule has 0 saturated heterocycles. The van der Waals surface area contributed by atoms with Gasteiger partial charge in [-0.25, -0.2) is 15.0 Å². The highest BCUT2D eigenvalue weighted by atomic mass is 16.6. The molecule has 2 unspecified atom stereocenters. The summed E-state index contributed by atoms with van der Waals surface area (Å²) < 4.78 is 13.1. The van der Waals surface area contributed by atoms with Crippen LogP contribution in [0, 0.1) is 29.1 Å². The summed E-state index contributed by atoms with van der Waals surface area (Å²) in [5.41, 5.74) is 6.66. The molecule has 4 aliphatic rings. The molecule has 1 aromatic heterocycles. The Labute approximate surface area is 217 Å². The van der Waals surface area contributed by atoms with Gasteiger partial charge in [0.15, 0.2) is 0 Å². The van der Waals surface area contributed by atoms with E-state index in [1.165, 1.54) is 18.0 Å². The summed E-state index contributed by atoms with van der Waals surface area (Å²) in [6, 6.07) is -0.0119. The first-order valence-electron chi connectivity index (χ1n) is 13.0. The zero-order valence-electron chi connectivity index (χ0n) is 22.3. The van der Waals surface area contributed by atoms with Crippen LogP contribution in [0.25, 0.3) is 6.20 Å². The maximum atomic E-state index is 13.5. The third-order valence-electron chi connectivity index (χ3n) is 7.79. The number of nitrogens with one attached hydrogen (secondary N) is 2. The number of primary amides is 1. The average molecular weight is 518 g/mol. The number of aromatic nitrogens is 2. The van der Waals surface area contributed by atoms with Gasteiger partial charge in [0.05, 0.1) is 25.3 Å². The first-order chi connectivity index (χ1) is 17.4. The van der Waals surface area contributed by atoms with E-state index in [1.54, 1.807) is 26.1 Å². The number of ether oxygens (including phenoxy) is 2. The Bertz CT molecular complexity index is 1050. The van der Waals surface area contributed by atoms with Crippen molar-refractivity contribution in [1.82, 2.24) is 20.6 Å². The van der Waals surface area contributed by atoms with Crippen LogP contribution in [0.3, 0.4) is 0 Å². The van der Waals surface area contributed by atoms with Crippen LogP contribution in [-0.2, 0) is 14.4 Å². The van der Waals surface area contributed by atoms with Crippen molar-refractivity contribution in [3.63, 3.8) is 0 Å². The smallest absolute Gasteiger partial charge is 0.405 e. The standard InChI is InChI=1S/C26H39N5O6/c1-15(2)14-36-22-19(13-28-31(22)7-6-25(3,4)23(33)30-35-5)21(32)29-20-17-8-16-9-18(20)12-26(10-16,11-17)37-24(27)34/h6-7,13,15-18,20H,8-12,14H2,1-5H3,(H2,27,34)(H,29,32)(H,30,33)/b7-6+/t16?,17?,18?,20-,26-. The van der Waals surface area contributed by atoms with E-state index in [1.807, 2.05) is 13.8 Å². The second-order valence-electron chi connectivity index (χ2n) is 11.8. The predicted molar refractivity (Wildman–Crippen MR) is 135 cm³/mol. The molecule has 0 aliphatic heterocycles. The molecule has 5 rings (SSSR count). The molecule has 3 amide bonds. The van der Waals surface area contributed by atoms with Gasteiger partial charge in [-0.05, 0) is 69.6 Å².